The van der Waals surface area contributed by atoms with Crippen LogP contribution in [-0.4, -0.2) is 50.8 Å². The lowest BCUT2D eigenvalue weighted by Gasteiger charge is -2.21. The zero-order chi connectivity index (χ0) is 18.3. The zero-order valence-electron chi connectivity index (χ0n) is 13.7. The number of β-amino-alcohol motifs (C(OH)–C–C–N with tert-alkyl or cyclic N) is 1. The number of aliphatic carboxylic acids is 1. The highest BCUT2D eigenvalue weighted by Crippen LogP contribution is 2.30. The Balaban J connectivity index is 1.73. The van der Waals surface area contributed by atoms with Crippen LogP contribution in [0.3, 0.4) is 0 Å². The third kappa shape index (κ3) is 2.72. The van der Waals surface area contributed by atoms with Crippen LogP contribution in [0.5, 0.6) is 0 Å². The first-order chi connectivity index (χ1) is 12.5. The summed E-state index contributed by atoms with van der Waals surface area (Å²) in [5, 5.41) is 23.8. The fourth-order valence-electron chi connectivity index (χ4n) is 3.31. The molecule has 132 valence electrons. The van der Waals surface area contributed by atoms with Gasteiger partial charge in [0.1, 0.15) is 11.6 Å². The monoisotopic (exact) mass is 352 g/mol. The Morgan fingerprint density at radius 3 is 2.65 bits per heavy atom. The van der Waals surface area contributed by atoms with E-state index in [-0.39, 0.29) is 13.0 Å². The van der Waals surface area contributed by atoms with Gasteiger partial charge in [0.25, 0.3) is 5.91 Å². The minimum Gasteiger partial charge on any atom is -0.480 e. The summed E-state index contributed by atoms with van der Waals surface area (Å²) in [7, 11) is 0. The highest BCUT2D eigenvalue weighted by molar-refractivity contribution is 6.02. The molecule has 0 spiro atoms. The number of hydrogen-bond donors (Lipinski definition) is 2. The van der Waals surface area contributed by atoms with Crippen molar-refractivity contribution in [2.75, 3.05) is 6.54 Å². The quantitative estimate of drug-likeness (QED) is 0.748. The van der Waals surface area contributed by atoms with Crippen molar-refractivity contribution in [3.05, 3.63) is 54.1 Å². The molecule has 7 heteroatoms. The standard InChI is InChI=1S/C19H16N2O5/c22-13-9-16(19(24)25)21(10-13)18(23)12-6-7-15-14(8-12)17(26-20-15)11-4-2-1-3-5-11/h1-8,13,16,22H,9-10H2,(H,24,25)/t13-,16+/m1/s1. The van der Waals surface area contributed by atoms with Crippen molar-refractivity contribution in [2.45, 2.75) is 18.6 Å². The zero-order valence-corrected chi connectivity index (χ0v) is 13.7. The topological polar surface area (TPSA) is 104 Å². The van der Waals surface area contributed by atoms with Crippen LogP contribution in [0.4, 0.5) is 0 Å². The van der Waals surface area contributed by atoms with E-state index < -0.39 is 24.0 Å². The number of fused-ring (bicyclic) bond motifs is 1. The van der Waals surface area contributed by atoms with Crippen LogP contribution in [0, 0.1) is 0 Å². The molecule has 4 rings (SSSR count). The van der Waals surface area contributed by atoms with E-state index in [0.717, 1.165) is 5.56 Å². The van der Waals surface area contributed by atoms with Crippen molar-refractivity contribution < 1.29 is 24.3 Å². The molecule has 2 atom stereocenters. The van der Waals surface area contributed by atoms with Gasteiger partial charge in [-0.1, -0.05) is 35.5 Å². The summed E-state index contributed by atoms with van der Waals surface area (Å²) in [4.78, 5) is 25.4. The maximum absolute atomic E-state index is 12.8. The van der Waals surface area contributed by atoms with Gasteiger partial charge in [0.05, 0.1) is 11.5 Å². The molecule has 1 fully saturated rings. The van der Waals surface area contributed by atoms with Crippen molar-refractivity contribution in [3.63, 3.8) is 0 Å². The molecule has 0 radical (unpaired) electrons. The number of likely N-dealkylation sites (tertiary alicyclic amines) is 1. The Hall–Kier alpha value is -3.19. The third-order valence-corrected chi connectivity index (χ3v) is 4.58. The van der Waals surface area contributed by atoms with Crippen LogP contribution in [0.2, 0.25) is 0 Å². The Labute approximate surface area is 148 Å². The molecular weight excluding hydrogens is 336 g/mol. The first kappa shape index (κ1) is 16.3. The molecule has 26 heavy (non-hydrogen) atoms. The van der Waals surface area contributed by atoms with Gasteiger partial charge in [-0.3, -0.25) is 4.79 Å². The lowest BCUT2D eigenvalue weighted by molar-refractivity contribution is -0.141. The normalized spacial score (nSPS) is 19.8. The summed E-state index contributed by atoms with van der Waals surface area (Å²) in [6.45, 7) is 0.00299. The van der Waals surface area contributed by atoms with Crippen molar-refractivity contribution >= 4 is 22.8 Å². The van der Waals surface area contributed by atoms with Gasteiger partial charge >= 0.3 is 5.97 Å². The molecule has 1 aromatic heterocycles. The molecule has 0 saturated carbocycles. The molecule has 1 aliphatic rings. The summed E-state index contributed by atoms with van der Waals surface area (Å²) in [6.07, 6.45) is -0.800. The highest BCUT2D eigenvalue weighted by Gasteiger charge is 2.39. The molecule has 2 N–H and O–H groups in total. The predicted molar refractivity (Wildman–Crippen MR) is 92.5 cm³/mol. The number of carboxylic acids is 1. The summed E-state index contributed by atoms with van der Waals surface area (Å²) in [5.74, 6) is -1.01. The minimum absolute atomic E-state index is 0.00299. The molecule has 0 unspecified atom stereocenters. The maximum atomic E-state index is 12.8. The predicted octanol–water partition coefficient (Wildman–Crippen LogP) is 2.15. The maximum Gasteiger partial charge on any atom is 0.326 e. The van der Waals surface area contributed by atoms with Crippen molar-refractivity contribution in [2.24, 2.45) is 0 Å². The van der Waals surface area contributed by atoms with E-state index in [0.29, 0.717) is 22.2 Å². The number of carbonyl (C=O) groups is 2. The number of benzene rings is 2. The lowest BCUT2D eigenvalue weighted by Crippen LogP contribution is -2.40. The van der Waals surface area contributed by atoms with E-state index in [1.165, 1.54) is 4.90 Å². The van der Waals surface area contributed by atoms with Gasteiger partial charge in [-0.15, -0.1) is 0 Å². The van der Waals surface area contributed by atoms with E-state index >= 15 is 0 Å². The molecule has 3 aromatic rings. The number of rotatable bonds is 3. The van der Waals surface area contributed by atoms with Gasteiger partial charge in [0.2, 0.25) is 0 Å². The van der Waals surface area contributed by atoms with Gasteiger partial charge in [0, 0.05) is 24.1 Å². The number of hydrogen-bond acceptors (Lipinski definition) is 5. The fourth-order valence-corrected chi connectivity index (χ4v) is 3.31. The van der Waals surface area contributed by atoms with E-state index in [1.54, 1.807) is 18.2 Å². The second-order valence-corrected chi connectivity index (χ2v) is 6.31. The molecular formula is C19H16N2O5. The second-order valence-electron chi connectivity index (χ2n) is 6.31. The highest BCUT2D eigenvalue weighted by atomic mass is 16.5. The van der Waals surface area contributed by atoms with Crippen LogP contribution >= 0.6 is 0 Å². The van der Waals surface area contributed by atoms with Gasteiger partial charge in [-0.25, -0.2) is 4.79 Å². The summed E-state index contributed by atoms with van der Waals surface area (Å²) < 4.78 is 5.43. The molecule has 2 aromatic carbocycles. The Morgan fingerprint density at radius 2 is 1.92 bits per heavy atom. The van der Waals surface area contributed by atoms with E-state index in [9.17, 15) is 19.8 Å². The summed E-state index contributed by atoms with van der Waals surface area (Å²) >= 11 is 0. The van der Waals surface area contributed by atoms with Gasteiger partial charge in [-0.2, -0.15) is 0 Å². The third-order valence-electron chi connectivity index (χ3n) is 4.58. The van der Waals surface area contributed by atoms with Crippen LogP contribution in [0.15, 0.2) is 53.1 Å². The smallest absolute Gasteiger partial charge is 0.326 e. The number of aliphatic hydroxyl groups excluding tert-OH is 1. The average Bonchev–Trinajstić information content (AvgIpc) is 3.25. The first-order valence-corrected chi connectivity index (χ1v) is 8.21. The number of amides is 1. The molecule has 1 saturated heterocycles. The Bertz CT molecular complexity index is 982. The largest absolute Gasteiger partial charge is 0.480 e. The number of aliphatic hydroxyl groups is 1. The van der Waals surface area contributed by atoms with Gasteiger partial charge in [0.15, 0.2) is 5.76 Å². The van der Waals surface area contributed by atoms with Crippen molar-refractivity contribution in [1.29, 1.82) is 0 Å². The average molecular weight is 352 g/mol. The van der Waals surface area contributed by atoms with Crippen LogP contribution in [0.1, 0.15) is 16.8 Å². The Morgan fingerprint density at radius 1 is 1.15 bits per heavy atom. The molecule has 2 heterocycles. The first-order valence-electron chi connectivity index (χ1n) is 8.21. The lowest BCUT2D eigenvalue weighted by atomic mass is 10.1. The minimum atomic E-state index is -1.12. The van der Waals surface area contributed by atoms with E-state index in [1.807, 2.05) is 30.3 Å². The molecule has 7 nitrogen and oxygen atoms in total. The SMILES string of the molecule is O=C(O)[C@@H]1C[C@@H](O)CN1C(=O)c1ccc2noc(-c3ccccc3)c2c1. The second kappa shape index (κ2) is 6.27. The summed E-state index contributed by atoms with van der Waals surface area (Å²) in [5.41, 5.74) is 1.77. The molecule has 1 amide bonds. The number of carbonyl (C=O) groups excluding carboxylic acids is 1. The van der Waals surface area contributed by atoms with Crippen LogP contribution in [-0.2, 0) is 4.79 Å². The molecule has 1 aliphatic heterocycles. The van der Waals surface area contributed by atoms with Gasteiger partial charge in [-0.05, 0) is 18.2 Å². The van der Waals surface area contributed by atoms with Crippen LogP contribution in [0.25, 0.3) is 22.2 Å². The Kier molecular flexibility index (Phi) is 3.93. The van der Waals surface area contributed by atoms with Crippen molar-refractivity contribution in [1.82, 2.24) is 10.1 Å². The van der Waals surface area contributed by atoms with Crippen molar-refractivity contribution in [3.8, 4) is 11.3 Å². The van der Waals surface area contributed by atoms with Gasteiger partial charge < -0.3 is 19.6 Å². The molecule has 0 bridgehead atoms. The fraction of sp³-hybridized carbons (Fsp3) is 0.211. The summed E-state index contributed by atoms with van der Waals surface area (Å²) in [6, 6.07) is 13.3. The number of carboxylic acid groups (broad SMARTS) is 1. The number of nitrogens with zero attached hydrogens (tertiary/aromatic N) is 2. The van der Waals surface area contributed by atoms with E-state index in [2.05, 4.69) is 5.16 Å². The number of aromatic nitrogens is 1. The van der Waals surface area contributed by atoms with Crippen LogP contribution < -0.4 is 0 Å². The van der Waals surface area contributed by atoms with E-state index in [4.69, 9.17) is 4.52 Å². The molecule has 0 aliphatic carbocycles.